The zero-order valence-corrected chi connectivity index (χ0v) is 15.0. The number of carbonyl (C=O) groups is 1. The summed E-state index contributed by atoms with van der Waals surface area (Å²) in [5, 5.41) is 3.53. The van der Waals surface area contributed by atoms with Gasteiger partial charge in [-0.15, -0.1) is 11.8 Å². The van der Waals surface area contributed by atoms with Crippen LogP contribution in [0.5, 0.6) is 0 Å². The minimum Gasteiger partial charge on any atom is -0.472 e. The van der Waals surface area contributed by atoms with Gasteiger partial charge >= 0.3 is 0 Å². The Morgan fingerprint density at radius 2 is 2.08 bits per heavy atom. The van der Waals surface area contributed by atoms with Gasteiger partial charge in [-0.2, -0.15) is 0 Å². The number of nitrogens with one attached hydrogen (secondary N) is 1. The summed E-state index contributed by atoms with van der Waals surface area (Å²) in [4.78, 5) is 14.0. The van der Waals surface area contributed by atoms with Gasteiger partial charge in [0, 0.05) is 51.1 Å². The normalized spacial score (nSPS) is 22.3. The Bertz CT molecular complexity index is 958. The predicted octanol–water partition coefficient (Wildman–Crippen LogP) is 5.13. The fourth-order valence-corrected chi connectivity index (χ4v) is 5.45. The number of carbonyl (C=O) groups excluding carboxylic acids is 1. The van der Waals surface area contributed by atoms with Gasteiger partial charge in [-0.1, -0.05) is 6.07 Å². The fourth-order valence-electron chi connectivity index (χ4n) is 4.18. The van der Waals surface area contributed by atoms with Crippen LogP contribution < -0.4 is 5.32 Å². The average Bonchev–Trinajstić information content (AvgIpc) is 3.32. The van der Waals surface area contributed by atoms with Crippen molar-refractivity contribution in [1.29, 1.82) is 0 Å². The Morgan fingerprint density at radius 3 is 2.92 bits per heavy atom. The third-order valence-corrected chi connectivity index (χ3v) is 6.57. The quantitative estimate of drug-likeness (QED) is 0.799. The van der Waals surface area contributed by atoms with Crippen molar-refractivity contribution in [2.24, 2.45) is 0 Å². The molecule has 1 atom stereocenters. The molecule has 5 rings (SSSR count). The van der Waals surface area contributed by atoms with Gasteiger partial charge < -0.3 is 9.73 Å². The van der Waals surface area contributed by atoms with Crippen LogP contribution in [-0.4, -0.2) is 11.5 Å². The number of dihydropyridines is 1. The summed E-state index contributed by atoms with van der Waals surface area (Å²) in [7, 11) is 0. The van der Waals surface area contributed by atoms with Crippen molar-refractivity contribution in [3.63, 3.8) is 0 Å². The molecule has 0 radical (unpaired) electrons. The van der Waals surface area contributed by atoms with E-state index in [0.29, 0.717) is 12.0 Å². The zero-order chi connectivity index (χ0) is 17.7. The summed E-state index contributed by atoms with van der Waals surface area (Å²) in [6.07, 6.45) is 6.50. The van der Waals surface area contributed by atoms with Gasteiger partial charge in [0.25, 0.3) is 0 Å². The largest absolute Gasteiger partial charge is 0.472 e. The van der Waals surface area contributed by atoms with E-state index in [1.54, 1.807) is 18.6 Å². The fraction of sp³-hybridized carbons (Fsp3) is 0.286. The van der Waals surface area contributed by atoms with Crippen LogP contribution in [0.25, 0.3) is 11.1 Å². The van der Waals surface area contributed by atoms with E-state index in [2.05, 4.69) is 5.32 Å². The van der Waals surface area contributed by atoms with Crippen molar-refractivity contribution >= 4 is 17.5 Å². The Labute approximate surface area is 155 Å². The minimum absolute atomic E-state index is 0.0761. The summed E-state index contributed by atoms with van der Waals surface area (Å²) < 4.78 is 19.6. The number of halogens is 1. The zero-order valence-electron chi connectivity index (χ0n) is 14.2. The van der Waals surface area contributed by atoms with E-state index < -0.39 is 0 Å². The van der Waals surface area contributed by atoms with Crippen molar-refractivity contribution in [3.05, 3.63) is 70.0 Å². The molecule has 1 aromatic heterocycles. The van der Waals surface area contributed by atoms with E-state index in [4.69, 9.17) is 4.42 Å². The lowest BCUT2D eigenvalue weighted by Crippen LogP contribution is -2.30. The van der Waals surface area contributed by atoms with Crippen LogP contribution in [-0.2, 0) is 4.79 Å². The van der Waals surface area contributed by atoms with Crippen LogP contribution in [0.4, 0.5) is 4.39 Å². The number of furan rings is 1. The van der Waals surface area contributed by atoms with Crippen LogP contribution in [0.15, 0.2) is 63.1 Å². The smallest absolute Gasteiger partial charge is 0.161 e. The number of benzene rings is 1. The maximum Gasteiger partial charge on any atom is 0.161 e. The van der Waals surface area contributed by atoms with Crippen molar-refractivity contribution in [1.82, 2.24) is 5.32 Å². The summed E-state index contributed by atoms with van der Waals surface area (Å²) in [6, 6.07) is 6.97. The van der Waals surface area contributed by atoms with Crippen LogP contribution in [0.1, 0.15) is 37.2 Å². The van der Waals surface area contributed by atoms with E-state index in [1.807, 2.05) is 23.9 Å². The van der Waals surface area contributed by atoms with Crippen LogP contribution in [0.3, 0.4) is 0 Å². The van der Waals surface area contributed by atoms with E-state index in [9.17, 15) is 9.18 Å². The first kappa shape index (κ1) is 15.9. The number of allylic oxidation sites excluding steroid dienone is 4. The van der Waals surface area contributed by atoms with E-state index in [-0.39, 0.29) is 17.5 Å². The average molecular weight is 367 g/mol. The highest BCUT2D eigenvalue weighted by Crippen LogP contribution is 2.50. The molecule has 26 heavy (non-hydrogen) atoms. The number of ketones is 1. The molecule has 1 aromatic carbocycles. The summed E-state index contributed by atoms with van der Waals surface area (Å²) in [5.41, 5.74) is 5.41. The van der Waals surface area contributed by atoms with Gasteiger partial charge in [-0.05, 0) is 43.0 Å². The van der Waals surface area contributed by atoms with Crippen LogP contribution in [0.2, 0.25) is 0 Å². The molecular formula is C21H18FNO2S. The number of thioether (sulfide) groups is 1. The van der Waals surface area contributed by atoms with Gasteiger partial charge in [0.05, 0.1) is 12.5 Å². The minimum atomic E-state index is -0.276. The van der Waals surface area contributed by atoms with Crippen LogP contribution >= 0.6 is 11.8 Å². The van der Waals surface area contributed by atoms with E-state index in [0.717, 1.165) is 47.4 Å². The molecule has 5 heteroatoms. The Kier molecular flexibility index (Phi) is 3.78. The van der Waals surface area contributed by atoms with Gasteiger partial charge in [0.15, 0.2) is 5.78 Å². The highest BCUT2D eigenvalue weighted by molar-refractivity contribution is 8.03. The van der Waals surface area contributed by atoms with Gasteiger partial charge in [0.2, 0.25) is 0 Å². The monoisotopic (exact) mass is 367 g/mol. The van der Waals surface area contributed by atoms with Crippen molar-refractivity contribution < 1.29 is 13.6 Å². The molecule has 132 valence electrons. The molecule has 0 fully saturated rings. The first-order valence-electron chi connectivity index (χ1n) is 8.93. The van der Waals surface area contributed by atoms with Gasteiger partial charge in [-0.3, -0.25) is 4.79 Å². The molecule has 0 bridgehead atoms. The Morgan fingerprint density at radius 1 is 1.15 bits per heavy atom. The molecule has 0 saturated heterocycles. The molecule has 0 saturated carbocycles. The Hall–Kier alpha value is -2.27. The summed E-state index contributed by atoms with van der Waals surface area (Å²) >= 11 is 1.81. The molecule has 0 amide bonds. The first-order chi connectivity index (χ1) is 12.7. The van der Waals surface area contributed by atoms with Crippen molar-refractivity contribution in [2.75, 3.05) is 5.75 Å². The molecular weight excluding hydrogens is 349 g/mol. The van der Waals surface area contributed by atoms with E-state index >= 15 is 0 Å². The number of hydrogen-bond donors (Lipinski definition) is 1. The molecule has 0 spiro atoms. The molecule has 2 aliphatic heterocycles. The third-order valence-electron chi connectivity index (χ3n) is 5.37. The second-order valence-electron chi connectivity index (χ2n) is 6.92. The highest BCUT2D eigenvalue weighted by atomic mass is 32.2. The molecule has 2 aromatic rings. The van der Waals surface area contributed by atoms with Crippen LogP contribution in [0, 0.1) is 5.82 Å². The SMILES string of the molecule is O=C1CCCC2=C1C(c1ccc(F)c(-c3ccoc3)c1)C1=C(CCS1)N2. The molecule has 1 N–H and O–H groups in total. The lowest BCUT2D eigenvalue weighted by Gasteiger charge is -2.33. The topological polar surface area (TPSA) is 42.2 Å². The second-order valence-corrected chi connectivity index (χ2v) is 8.06. The molecule has 3 heterocycles. The predicted molar refractivity (Wildman–Crippen MR) is 100.0 cm³/mol. The number of hydrogen-bond acceptors (Lipinski definition) is 4. The van der Waals surface area contributed by atoms with Crippen molar-refractivity contribution in [2.45, 2.75) is 31.6 Å². The Balaban J connectivity index is 1.67. The second kappa shape index (κ2) is 6.16. The maximum absolute atomic E-state index is 14.4. The van der Waals surface area contributed by atoms with Gasteiger partial charge in [0.1, 0.15) is 5.82 Å². The maximum atomic E-state index is 14.4. The number of rotatable bonds is 2. The molecule has 1 unspecified atom stereocenters. The van der Waals surface area contributed by atoms with E-state index in [1.165, 1.54) is 16.7 Å². The number of Topliss-reactive ketones (excluding diaryl/α,β-unsaturated/α-hetero) is 1. The third kappa shape index (κ3) is 2.45. The first-order valence-corrected chi connectivity index (χ1v) is 9.92. The highest BCUT2D eigenvalue weighted by Gasteiger charge is 2.38. The lowest BCUT2D eigenvalue weighted by atomic mass is 9.78. The molecule has 1 aliphatic carbocycles. The molecule has 3 nitrogen and oxygen atoms in total. The lowest BCUT2D eigenvalue weighted by molar-refractivity contribution is -0.116. The summed E-state index contributed by atoms with van der Waals surface area (Å²) in [5.74, 6) is 0.893. The summed E-state index contributed by atoms with van der Waals surface area (Å²) in [6.45, 7) is 0. The van der Waals surface area contributed by atoms with Crippen molar-refractivity contribution in [3.8, 4) is 11.1 Å². The molecule has 3 aliphatic rings. The standard InChI is InChI=1S/C21H18FNO2S/c22-15-5-4-12(10-14(15)13-6-8-25-11-13)19-20-16(2-1-3-18(20)24)23-17-7-9-26-21(17)19/h4-6,8,10-11,19,23H,1-3,7,9H2. The van der Waals surface area contributed by atoms with Gasteiger partial charge in [-0.25, -0.2) is 4.39 Å².